The van der Waals surface area contributed by atoms with Crippen LogP contribution in [-0.4, -0.2) is 88.5 Å². The summed E-state index contributed by atoms with van der Waals surface area (Å²) in [4.78, 5) is 38.6. The van der Waals surface area contributed by atoms with Gasteiger partial charge < -0.3 is 26.0 Å². The first-order valence-electron chi connectivity index (χ1n) is 13.6. The fraction of sp³-hybridized carbons (Fsp3) is 0.464. The molecule has 3 amide bonds. The number of halogens is 2. The van der Waals surface area contributed by atoms with Crippen LogP contribution >= 0.6 is 23.2 Å². The van der Waals surface area contributed by atoms with Crippen molar-refractivity contribution in [2.24, 2.45) is 5.73 Å². The van der Waals surface area contributed by atoms with E-state index >= 15 is 0 Å². The number of carbonyl (C=O) groups excluding carboxylic acids is 3. The predicted molar refractivity (Wildman–Crippen MR) is 163 cm³/mol. The fourth-order valence-corrected chi connectivity index (χ4v) is 6.18. The number of unbranched alkanes of at least 4 members (excludes halogenated alkanes) is 1. The number of nitrogens with zero attached hydrogens (tertiary/aromatic N) is 2. The highest BCUT2D eigenvalue weighted by Crippen LogP contribution is 2.32. The van der Waals surface area contributed by atoms with Crippen LogP contribution in [0, 0.1) is 6.92 Å². The first-order chi connectivity index (χ1) is 20.0. The van der Waals surface area contributed by atoms with Gasteiger partial charge in [-0.15, -0.1) is 0 Å². The highest BCUT2D eigenvalue weighted by molar-refractivity contribution is 7.89. The van der Waals surface area contributed by atoms with Crippen molar-refractivity contribution in [3.05, 3.63) is 63.6 Å². The zero-order chi connectivity index (χ0) is 31.1. The molecule has 232 valence electrons. The van der Waals surface area contributed by atoms with E-state index in [0.717, 1.165) is 16.3 Å². The lowest BCUT2D eigenvalue weighted by Crippen LogP contribution is -2.46. The second kappa shape index (κ2) is 17.9. The summed E-state index contributed by atoms with van der Waals surface area (Å²) in [6.07, 6.45) is 1.66. The molecule has 0 unspecified atom stereocenters. The van der Waals surface area contributed by atoms with E-state index in [-0.39, 0.29) is 28.9 Å². The van der Waals surface area contributed by atoms with Crippen molar-refractivity contribution in [1.82, 2.24) is 19.8 Å². The standard InChI is InChI=1S/C28H39Cl2N5O6S/c1-21-23(29)11-12-24(27(21)30)42(39,40)35(18-13-22-9-4-3-5-10-22)20-25(36)33-19-26(37)34(16-7-6-14-31)17-8-15-32-28(38)41-2/h3-5,9-12H,6-8,13-20,31H2,1-2H3,(H,32,38)(H,33,36). The van der Waals surface area contributed by atoms with Gasteiger partial charge in [0.25, 0.3) is 0 Å². The normalized spacial score (nSPS) is 11.3. The van der Waals surface area contributed by atoms with Crippen LogP contribution in [0.5, 0.6) is 0 Å². The number of nitrogens with one attached hydrogen (secondary N) is 2. The molecule has 0 fully saturated rings. The van der Waals surface area contributed by atoms with Crippen molar-refractivity contribution in [3.8, 4) is 0 Å². The minimum absolute atomic E-state index is 0.00409. The van der Waals surface area contributed by atoms with E-state index in [4.69, 9.17) is 28.9 Å². The van der Waals surface area contributed by atoms with Gasteiger partial charge in [0.05, 0.1) is 25.2 Å². The third kappa shape index (κ3) is 11.1. The van der Waals surface area contributed by atoms with Crippen molar-refractivity contribution in [2.75, 3.05) is 52.9 Å². The van der Waals surface area contributed by atoms with Crippen molar-refractivity contribution in [1.29, 1.82) is 0 Å². The Balaban J connectivity index is 2.12. The number of hydrogen-bond acceptors (Lipinski definition) is 7. The molecule has 0 aliphatic rings. The number of nitrogens with two attached hydrogens (primary N) is 1. The molecule has 0 atom stereocenters. The summed E-state index contributed by atoms with van der Waals surface area (Å²) in [5.41, 5.74) is 6.88. The molecular formula is C28H39Cl2N5O6S. The van der Waals surface area contributed by atoms with Crippen molar-refractivity contribution < 1.29 is 27.5 Å². The lowest BCUT2D eigenvalue weighted by Gasteiger charge is -2.25. The Morgan fingerprint density at radius 3 is 2.31 bits per heavy atom. The minimum atomic E-state index is -4.20. The Morgan fingerprint density at radius 1 is 0.952 bits per heavy atom. The average Bonchev–Trinajstić information content (AvgIpc) is 2.98. The number of benzene rings is 2. The van der Waals surface area contributed by atoms with Gasteiger partial charge in [-0.25, -0.2) is 13.2 Å². The summed E-state index contributed by atoms with van der Waals surface area (Å²) in [5, 5.41) is 5.42. The molecule has 4 N–H and O–H groups in total. The van der Waals surface area contributed by atoms with Gasteiger partial charge in [-0.1, -0.05) is 53.5 Å². The Kier molecular flexibility index (Phi) is 15.1. The highest BCUT2D eigenvalue weighted by atomic mass is 35.5. The molecule has 0 aromatic heterocycles. The molecule has 0 radical (unpaired) electrons. The van der Waals surface area contributed by atoms with E-state index in [1.54, 1.807) is 11.8 Å². The zero-order valence-electron chi connectivity index (χ0n) is 23.9. The summed E-state index contributed by atoms with van der Waals surface area (Å²) in [6.45, 7) is 2.33. The second-order valence-electron chi connectivity index (χ2n) is 9.48. The number of rotatable bonds is 17. The molecule has 0 aliphatic heterocycles. The van der Waals surface area contributed by atoms with Crippen molar-refractivity contribution in [3.63, 3.8) is 0 Å². The van der Waals surface area contributed by atoms with Crippen LogP contribution in [0.1, 0.15) is 30.4 Å². The second-order valence-corrected chi connectivity index (χ2v) is 12.2. The number of alkyl carbamates (subject to hydrolysis) is 1. The largest absolute Gasteiger partial charge is 0.453 e. The molecule has 0 bridgehead atoms. The quantitative estimate of drug-likeness (QED) is 0.224. The van der Waals surface area contributed by atoms with Crippen LogP contribution in [0.4, 0.5) is 4.79 Å². The lowest BCUT2D eigenvalue weighted by atomic mass is 10.1. The molecule has 2 aromatic rings. The third-order valence-corrected chi connectivity index (χ3v) is 9.34. The summed E-state index contributed by atoms with van der Waals surface area (Å²) in [7, 11) is -2.94. The van der Waals surface area contributed by atoms with Gasteiger partial charge in [-0.05, 0) is 62.4 Å². The fourth-order valence-electron chi connectivity index (χ4n) is 4.00. The number of ether oxygens (including phenoxy) is 1. The van der Waals surface area contributed by atoms with E-state index < -0.39 is 28.6 Å². The van der Waals surface area contributed by atoms with Crippen LogP contribution in [0.25, 0.3) is 0 Å². The number of hydrogen-bond donors (Lipinski definition) is 3. The summed E-state index contributed by atoms with van der Waals surface area (Å²) in [6, 6.07) is 12.0. The Morgan fingerprint density at radius 2 is 1.64 bits per heavy atom. The Bertz CT molecular complexity index is 1300. The molecule has 0 saturated carbocycles. The molecular weight excluding hydrogens is 605 g/mol. The van der Waals surface area contributed by atoms with Crippen LogP contribution in [0.15, 0.2) is 47.4 Å². The van der Waals surface area contributed by atoms with E-state index in [0.29, 0.717) is 56.0 Å². The maximum absolute atomic E-state index is 13.7. The summed E-state index contributed by atoms with van der Waals surface area (Å²) in [5.74, 6) is -0.982. The first kappa shape index (κ1) is 35.3. The van der Waals surface area contributed by atoms with E-state index in [2.05, 4.69) is 15.4 Å². The number of carbonyl (C=O) groups is 3. The maximum atomic E-state index is 13.7. The topological polar surface area (TPSA) is 151 Å². The maximum Gasteiger partial charge on any atom is 0.406 e. The molecule has 2 aromatic carbocycles. The average molecular weight is 645 g/mol. The van der Waals surface area contributed by atoms with Crippen molar-refractivity contribution >= 4 is 51.1 Å². The molecule has 0 spiro atoms. The monoisotopic (exact) mass is 643 g/mol. The van der Waals surface area contributed by atoms with Gasteiger partial charge in [-0.2, -0.15) is 4.31 Å². The van der Waals surface area contributed by atoms with Gasteiger partial charge in [0.1, 0.15) is 4.90 Å². The van der Waals surface area contributed by atoms with Crippen LogP contribution in [0.2, 0.25) is 10.0 Å². The zero-order valence-corrected chi connectivity index (χ0v) is 26.2. The highest BCUT2D eigenvalue weighted by Gasteiger charge is 2.30. The van der Waals surface area contributed by atoms with Crippen molar-refractivity contribution in [2.45, 2.75) is 37.5 Å². The van der Waals surface area contributed by atoms with E-state index in [9.17, 15) is 22.8 Å². The Hall–Kier alpha value is -2.90. The molecule has 0 aliphatic carbocycles. The molecule has 0 heterocycles. The number of sulfonamides is 1. The lowest BCUT2D eigenvalue weighted by molar-refractivity contribution is -0.133. The van der Waals surface area contributed by atoms with Crippen LogP contribution in [-0.2, 0) is 30.8 Å². The number of amides is 3. The Labute approximate surface area is 257 Å². The predicted octanol–water partition coefficient (Wildman–Crippen LogP) is 2.97. The van der Waals surface area contributed by atoms with Gasteiger partial charge in [0, 0.05) is 31.2 Å². The third-order valence-electron chi connectivity index (χ3n) is 6.45. The van der Waals surface area contributed by atoms with Gasteiger partial charge in [-0.3, -0.25) is 9.59 Å². The van der Waals surface area contributed by atoms with Gasteiger partial charge in [0.15, 0.2) is 0 Å². The minimum Gasteiger partial charge on any atom is -0.453 e. The number of methoxy groups -OCH3 is 1. The summed E-state index contributed by atoms with van der Waals surface area (Å²) < 4.78 is 32.9. The SMILES string of the molecule is COC(=O)NCCCN(CCCCN)C(=O)CNC(=O)CN(CCc1ccccc1)S(=O)(=O)c1ccc(Cl)c(C)c1Cl. The summed E-state index contributed by atoms with van der Waals surface area (Å²) >= 11 is 12.5. The van der Waals surface area contributed by atoms with Gasteiger partial charge >= 0.3 is 6.09 Å². The van der Waals surface area contributed by atoms with Crippen LogP contribution < -0.4 is 16.4 Å². The molecule has 11 nitrogen and oxygen atoms in total. The molecule has 42 heavy (non-hydrogen) atoms. The molecule has 2 rings (SSSR count). The molecule has 14 heteroatoms. The first-order valence-corrected chi connectivity index (χ1v) is 15.8. The molecule has 0 saturated heterocycles. The smallest absolute Gasteiger partial charge is 0.406 e. The van der Waals surface area contributed by atoms with Gasteiger partial charge in [0.2, 0.25) is 21.8 Å². The van der Waals surface area contributed by atoms with E-state index in [1.807, 2.05) is 30.3 Å². The van der Waals surface area contributed by atoms with Crippen LogP contribution in [0.3, 0.4) is 0 Å². The van der Waals surface area contributed by atoms with E-state index in [1.165, 1.54) is 19.2 Å².